The van der Waals surface area contributed by atoms with Gasteiger partial charge in [0.1, 0.15) is 5.56 Å². The standard InChI is InChI=1S/C24H25F2NO3/c1-3-30-24(29)19-13-27(16-9-10-16)22-17(6-4-5-15-8-7-14(2)11-15)21(26)20(25)12-18(22)23(19)28/h12-16H,3,5,7-11H2,1-2H3/t14-,15?/m1/s1. The van der Waals surface area contributed by atoms with Gasteiger partial charge in [-0.05, 0) is 50.5 Å². The van der Waals surface area contributed by atoms with E-state index in [4.69, 9.17) is 4.74 Å². The Morgan fingerprint density at radius 1 is 1.27 bits per heavy atom. The molecule has 2 aromatic rings. The molecule has 0 spiro atoms. The number of fused-ring (bicyclic) bond motifs is 1. The van der Waals surface area contributed by atoms with Crippen molar-refractivity contribution in [3.8, 4) is 11.8 Å². The van der Waals surface area contributed by atoms with Gasteiger partial charge < -0.3 is 9.30 Å². The molecule has 0 aliphatic heterocycles. The third-order valence-corrected chi connectivity index (χ3v) is 6.05. The summed E-state index contributed by atoms with van der Waals surface area (Å²) in [6.07, 6.45) is 7.08. The maximum Gasteiger partial charge on any atom is 0.343 e. The van der Waals surface area contributed by atoms with E-state index in [1.165, 1.54) is 12.6 Å². The Morgan fingerprint density at radius 3 is 2.67 bits per heavy atom. The number of nitrogens with zero attached hydrogens (tertiary/aromatic N) is 1. The number of benzene rings is 1. The van der Waals surface area contributed by atoms with Gasteiger partial charge >= 0.3 is 5.97 Å². The van der Waals surface area contributed by atoms with Gasteiger partial charge in [-0.3, -0.25) is 4.79 Å². The van der Waals surface area contributed by atoms with E-state index in [1.54, 1.807) is 11.5 Å². The van der Waals surface area contributed by atoms with E-state index >= 15 is 0 Å². The van der Waals surface area contributed by atoms with E-state index in [-0.39, 0.29) is 34.7 Å². The summed E-state index contributed by atoms with van der Waals surface area (Å²) in [6.45, 7) is 3.98. The fraction of sp³-hybridized carbons (Fsp3) is 0.500. The molecule has 2 aliphatic carbocycles. The highest BCUT2D eigenvalue weighted by molar-refractivity contribution is 5.95. The van der Waals surface area contributed by atoms with Gasteiger partial charge in [-0.1, -0.05) is 25.2 Å². The first-order valence-corrected chi connectivity index (χ1v) is 10.6. The molecule has 4 nitrogen and oxygen atoms in total. The van der Waals surface area contributed by atoms with Crippen molar-refractivity contribution in [2.45, 2.75) is 58.4 Å². The van der Waals surface area contributed by atoms with Gasteiger partial charge in [0.05, 0.1) is 23.1 Å². The summed E-state index contributed by atoms with van der Waals surface area (Å²) in [5.74, 6) is 4.04. The zero-order chi connectivity index (χ0) is 21.4. The van der Waals surface area contributed by atoms with Gasteiger partial charge in [-0.25, -0.2) is 13.6 Å². The van der Waals surface area contributed by atoms with Crippen LogP contribution in [0.4, 0.5) is 8.78 Å². The summed E-state index contributed by atoms with van der Waals surface area (Å²) in [5.41, 5.74) is -0.662. The van der Waals surface area contributed by atoms with Crippen molar-refractivity contribution in [1.29, 1.82) is 0 Å². The number of hydrogen-bond acceptors (Lipinski definition) is 3. The molecule has 0 N–H and O–H groups in total. The molecule has 1 heterocycles. The summed E-state index contributed by atoms with van der Waals surface area (Å²) >= 11 is 0. The minimum Gasteiger partial charge on any atom is -0.462 e. The van der Waals surface area contributed by atoms with Crippen LogP contribution < -0.4 is 5.43 Å². The Morgan fingerprint density at radius 2 is 2.03 bits per heavy atom. The monoisotopic (exact) mass is 413 g/mol. The van der Waals surface area contributed by atoms with Gasteiger partial charge in [0, 0.05) is 18.7 Å². The smallest absolute Gasteiger partial charge is 0.343 e. The third kappa shape index (κ3) is 3.86. The summed E-state index contributed by atoms with van der Waals surface area (Å²) in [7, 11) is 0. The maximum atomic E-state index is 14.8. The number of halogens is 2. The van der Waals surface area contributed by atoms with Crippen LogP contribution in [0.15, 0.2) is 17.1 Å². The Hall–Kier alpha value is -2.68. The molecule has 1 aromatic heterocycles. The van der Waals surface area contributed by atoms with Crippen molar-refractivity contribution in [1.82, 2.24) is 4.57 Å². The molecule has 2 fully saturated rings. The first-order valence-electron chi connectivity index (χ1n) is 10.6. The molecular weight excluding hydrogens is 388 g/mol. The first kappa shape index (κ1) is 20.6. The molecule has 30 heavy (non-hydrogen) atoms. The highest BCUT2D eigenvalue weighted by Gasteiger charge is 2.30. The minimum absolute atomic E-state index is 0.0300. The molecule has 6 heteroatoms. The summed E-state index contributed by atoms with van der Waals surface area (Å²) in [6, 6.07) is 0.903. The lowest BCUT2D eigenvalue weighted by molar-refractivity contribution is 0.0524. The number of ether oxygens (including phenoxy) is 1. The van der Waals surface area contributed by atoms with E-state index in [2.05, 4.69) is 18.8 Å². The average Bonchev–Trinajstić information content (AvgIpc) is 3.47. The molecule has 1 aromatic carbocycles. The van der Waals surface area contributed by atoms with Crippen molar-refractivity contribution in [3.05, 3.63) is 45.2 Å². The zero-order valence-electron chi connectivity index (χ0n) is 17.3. The van der Waals surface area contributed by atoms with E-state index in [9.17, 15) is 18.4 Å². The number of aromatic nitrogens is 1. The van der Waals surface area contributed by atoms with E-state index in [0.717, 1.165) is 31.7 Å². The molecule has 2 atom stereocenters. The molecule has 0 bridgehead atoms. The normalized spacial score (nSPS) is 20.8. The van der Waals surface area contributed by atoms with Crippen molar-refractivity contribution >= 4 is 16.9 Å². The topological polar surface area (TPSA) is 48.3 Å². The van der Waals surface area contributed by atoms with Crippen LogP contribution in [0.1, 0.15) is 74.3 Å². The fourth-order valence-electron chi connectivity index (χ4n) is 4.37. The van der Waals surface area contributed by atoms with E-state index in [1.807, 2.05) is 0 Å². The van der Waals surface area contributed by atoms with Crippen molar-refractivity contribution in [2.24, 2.45) is 11.8 Å². The number of esters is 1. The molecule has 4 rings (SSSR count). The Labute approximate surface area is 174 Å². The first-order chi connectivity index (χ1) is 14.4. The second kappa shape index (κ2) is 8.22. The van der Waals surface area contributed by atoms with Crippen molar-refractivity contribution in [3.63, 3.8) is 0 Å². The fourth-order valence-corrected chi connectivity index (χ4v) is 4.37. The van der Waals surface area contributed by atoms with Gasteiger partial charge in [0.15, 0.2) is 11.6 Å². The lowest BCUT2D eigenvalue weighted by atomic mass is 10.0. The summed E-state index contributed by atoms with van der Waals surface area (Å²) < 4.78 is 35.9. The van der Waals surface area contributed by atoms with Crippen molar-refractivity contribution < 1.29 is 18.3 Å². The van der Waals surface area contributed by atoms with Crippen LogP contribution in [0.2, 0.25) is 0 Å². The van der Waals surface area contributed by atoms with Crippen LogP contribution in [0.3, 0.4) is 0 Å². The minimum atomic E-state index is -1.14. The van der Waals surface area contributed by atoms with Crippen LogP contribution in [-0.4, -0.2) is 17.1 Å². The molecule has 2 aliphatic rings. The Bertz CT molecular complexity index is 1120. The molecule has 158 valence electrons. The molecule has 1 unspecified atom stereocenters. The Balaban J connectivity index is 1.86. The number of rotatable bonds is 4. The van der Waals surface area contributed by atoms with Crippen molar-refractivity contribution in [2.75, 3.05) is 6.61 Å². The lowest BCUT2D eigenvalue weighted by Gasteiger charge is -2.15. The number of carbonyl (C=O) groups is 1. The highest BCUT2D eigenvalue weighted by atomic mass is 19.2. The SMILES string of the molecule is CCOC(=O)c1cn(C2CC2)c2c(C#CCC3CC[C@@H](C)C3)c(F)c(F)cc2c1=O. The summed E-state index contributed by atoms with van der Waals surface area (Å²) in [4.78, 5) is 25.2. The Kier molecular flexibility index (Phi) is 5.64. The zero-order valence-corrected chi connectivity index (χ0v) is 17.3. The highest BCUT2D eigenvalue weighted by Crippen LogP contribution is 2.38. The van der Waals surface area contributed by atoms with Crippen LogP contribution in [0.25, 0.3) is 10.9 Å². The van der Waals surface area contributed by atoms with Crippen LogP contribution in [0.5, 0.6) is 0 Å². The lowest BCUT2D eigenvalue weighted by Crippen LogP contribution is -2.22. The molecule has 0 radical (unpaired) electrons. The molecular formula is C24H25F2NO3. The largest absolute Gasteiger partial charge is 0.462 e. The third-order valence-electron chi connectivity index (χ3n) is 6.05. The second-order valence-corrected chi connectivity index (χ2v) is 8.46. The predicted octanol–water partition coefficient (Wildman–Crippen LogP) is 4.97. The number of pyridine rings is 1. The van der Waals surface area contributed by atoms with Gasteiger partial charge in [0.25, 0.3) is 0 Å². The maximum absolute atomic E-state index is 14.8. The molecule has 2 saturated carbocycles. The van der Waals surface area contributed by atoms with Crippen LogP contribution in [0, 0.1) is 35.3 Å². The predicted molar refractivity (Wildman–Crippen MR) is 110 cm³/mol. The second-order valence-electron chi connectivity index (χ2n) is 8.46. The van der Waals surface area contributed by atoms with Gasteiger partial charge in [-0.15, -0.1) is 0 Å². The quantitative estimate of drug-likeness (QED) is 0.525. The number of carbonyl (C=O) groups excluding carboxylic acids is 1. The molecule has 0 amide bonds. The molecule has 0 saturated heterocycles. The van der Waals surface area contributed by atoms with Gasteiger partial charge in [0.2, 0.25) is 5.43 Å². The van der Waals surface area contributed by atoms with Crippen LogP contribution >= 0.6 is 0 Å². The number of hydrogen-bond donors (Lipinski definition) is 0. The van der Waals surface area contributed by atoms with E-state index in [0.29, 0.717) is 18.3 Å². The average molecular weight is 413 g/mol. The van der Waals surface area contributed by atoms with E-state index < -0.39 is 23.0 Å². The summed E-state index contributed by atoms with van der Waals surface area (Å²) in [5, 5.41) is -0.0369. The van der Waals surface area contributed by atoms with Crippen LogP contribution in [-0.2, 0) is 4.74 Å². The van der Waals surface area contributed by atoms with Gasteiger partial charge in [-0.2, -0.15) is 0 Å².